The van der Waals surface area contributed by atoms with Crippen molar-refractivity contribution in [3.05, 3.63) is 72.1 Å². The van der Waals surface area contributed by atoms with Gasteiger partial charge in [0.15, 0.2) is 0 Å². The van der Waals surface area contributed by atoms with Crippen molar-refractivity contribution < 1.29 is 13.9 Å². The third-order valence-electron chi connectivity index (χ3n) is 4.39. The maximum atomic E-state index is 12.4. The molecule has 2 aromatic heterocycles. The zero-order valence-electron chi connectivity index (χ0n) is 14.4. The fraction of sp³-hybridized carbons (Fsp3) is 0.143. The Kier molecular flexibility index (Phi) is 4.27. The van der Waals surface area contributed by atoms with Crippen LogP contribution in [-0.2, 0) is 17.8 Å². The van der Waals surface area contributed by atoms with E-state index in [0.29, 0.717) is 12.4 Å². The van der Waals surface area contributed by atoms with Crippen molar-refractivity contribution in [3.63, 3.8) is 0 Å². The number of carbonyl (C=O) groups is 1. The van der Waals surface area contributed by atoms with Gasteiger partial charge in [0.2, 0.25) is 11.8 Å². The Balaban J connectivity index is 1.51. The van der Waals surface area contributed by atoms with E-state index in [2.05, 4.69) is 22.4 Å². The molecular formula is C21H18N2O3. The average molecular weight is 346 g/mol. The van der Waals surface area contributed by atoms with Crippen molar-refractivity contribution in [2.75, 3.05) is 7.11 Å². The summed E-state index contributed by atoms with van der Waals surface area (Å²) >= 11 is 0. The first-order chi connectivity index (χ1) is 12.7. The van der Waals surface area contributed by atoms with Gasteiger partial charge < -0.3 is 14.5 Å². The highest BCUT2D eigenvalue weighted by atomic mass is 16.5. The van der Waals surface area contributed by atoms with E-state index in [1.54, 1.807) is 25.6 Å². The quantitative estimate of drug-likeness (QED) is 0.596. The number of aromatic nitrogens is 1. The normalized spacial score (nSPS) is 11.0. The molecule has 4 rings (SSSR count). The number of fused-ring (bicyclic) bond motifs is 3. The molecule has 4 aromatic rings. The maximum absolute atomic E-state index is 12.4. The molecule has 0 fully saturated rings. The number of ether oxygens (including phenoxy) is 1. The average Bonchev–Trinajstić information content (AvgIpc) is 3.10. The van der Waals surface area contributed by atoms with Gasteiger partial charge in [0.25, 0.3) is 0 Å². The molecule has 0 aliphatic heterocycles. The van der Waals surface area contributed by atoms with Gasteiger partial charge in [-0.3, -0.25) is 4.79 Å². The van der Waals surface area contributed by atoms with Gasteiger partial charge in [0.1, 0.15) is 5.58 Å². The van der Waals surface area contributed by atoms with E-state index in [1.807, 2.05) is 30.3 Å². The number of benzene rings is 2. The minimum Gasteiger partial charge on any atom is -0.481 e. The number of methoxy groups -OCH3 is 1. The number of hydrogen-bond acceptors (Lipinski definition) is 4. The van der Waals surface area contributed by atoms with Crippen LogP contribution in [0.4, 0.5) is 0 Å². The Morgan fingerprint density at radius 3 is 2.85 bits per heavy atom. The fourth-order valence-corrected chi connectivity index (χ4v) is 3.08. The molecule has 0 aliphatic carbocycles. The Morgan fingerprint density at radius 2 is 2.04 bits per heavy atom. The molecule has 2 heterocycles. The molecule has 26 heavy (non-hydrogen) atoms. The molecule has 2 aromatic carbocycles. The largest absolute Gasteiger partial charge is 0.481 e. The second kappa shape index (κ2) is 6.88. The molecule has 0 saturated carbocycles. The van der Waals surface area contributed by atoms with E-state index in [1.165, 1.54) is 0 Å². The van der Waals surface area contributed by atoms with Crippen LogP contribution in [0, 0.1) is 0 Å². The van der Waals surface area contributed by atoms with Crippen molar-refractivity contribution in [3.8, 4) is 5.88 Å². The van der Waals surface area contributed by atoms with E-state index in [4.69, 9.17) is 9.15 Å². The van der Waals surface area contributed by atoms with Crippen molar-refractivity contribution in [2.45, 2.75) is 13.0 Å². The number of nitrogens with zero attached hydrogens (tertiary/aromatic N) is 1. The molecule has 0 aliphatic rings. The van der Waals surface area contributed by atoms with Crippen LogP contribution >= 0.6 is 0 Å². The van der Waals surface area contributed by atoms with E-state index in [-0.39, 0.29) is 12.3 Å². The molecule has 0 atom stereocenters. The lowest BCUT2D eigenvalue weighted by atomic mass is 10.0. The second-order valence-electron chi connectivity index (χ2n) is 6.08. The van der Waals surface area contributed by atoms with Crippen LogP contribution in [-0.4, -0.2) is 18.0 Å². The number of amides is 1. The summed E-state index contributed by atoms with van der Waals surface area (Å²) in [6.07, 6.45) is 3.64. The molecule has 0 unspecified atom stereocenters. The van der Waals surface area contributed by atoms with Gasteiger partial charge in [-0.2, -0.15) is 0 Å². The van der Waals surface area contributed by atoms with Gasteiger partial charge in [-0.05, 0) is 22.4 Å². The highest BCUT2D eigenvalue weighted by molar-refractivity contribution is 6.08. The summed E-state index contributed by atoms with van der Waals surface area (Å²) in [6.45, 7) is 0.423. The number of furan rings is 1. The van der Waals surface area contributed by atoms with Crippen molar-refractivity contribution in [2.24, 2.45) is 0 Å². The van der Waals surface area contributed by atoms with Gasteiger partial charge in [-0.25, -0.2) is 4.98 Å². The van der Waals surface area contributed by atoms with Gasteiger partial charge >= 0.3 is 0 Å². The summed E-state index contributed by atoms with van der Waals surface area (Å²) in [5, 5.41) is 6.16. The topological polar surface area (TPSA) is 64.4 Å². The predicted molar refractivity (Wildman–Crippen MR) is 100 cm³/mol. The summed E-state index contributed by atoms with van der Waals surface area (Å²) in [5.74, 6) is 0.494. The SMILES string of the molecule is COc1ccc(CNC(=O)Cc2coc3ccc4ccccc4c23)cn1. The van der Waals surface area contributed by atoms with Crippen LogP contribution in [0.15, 0.2) is 65.4 Å². The van der Waals surface area contributed by atoms with Crippen LogP contribution in [0.5, 0.6) is 5.88 Å². The van der Waals surface area contributed by atoms with Crippen molar-refractivity contribution in [1.29, 1.82) is 0 Å². The Hall–Kier alpha value is -3.34. The van der Waals surface area contributed by atoms with E-state index < -0.39 is 0 Å². The fourth-order valence-electron chi connectivity index (χ4n) is 3.08. The second-order valence-corrected chi connectivity index (χ2v) is 6.08. The first-order valence-corrected chi connectivity index (χ1v) is 8.38. The lowest BCUT2D eigenvalue weighted by molar-refractivity contribution is -0.120. The number of hydrogen-bond donors (Lipinski definition) is 1. The van der Waals surface area contributed by atoms with Crippen LogP contribution in [0.25, 0.3) is 21.7 Å². The zero-order chi connectivity index (χ0) is 17.9. The van der Waals surface area contributed by atoms with Crippen LogP contribution in [0.1, 0.15) is 11.1 Å². The number of rotatable bonds is 5. The molecule has 0 bridgehead atoms. The van der Waals surface area contributed by atoms with Crippen molar-refractivity contribution in [1.82, 2.24) is 10.3 Å². The van der Waals surface area contributed by atoms with Gasteiger partial charge in [0.05, 0.1) is 19.8 Å². The standard InChI is InChI=1S/C21H18N2O3/c1-25-20-9-6-14(12-23-20)11-22-19(24)10-16-13-26-18-8-7-15-4-2-3-5-17(15)21(16)18/h2-9,12-13H,10-11H2,1H3,(H,22,24). The Labute approximate surface area is 150 Å². The van der Waals surface area contributed by atoms with E-state index in [0.717, 1.165) is 32.9 Å². The summed E-state index contributed by atoms with van der Waals surface area (Å²) in [5.41, 5.74) is 2.61. The lowest BCUT2D eigenvalue weighted by Gasteiger charge is -2.06. The third-order valence-corrected chi connectivity index (χ3v) is 4.39. The number of carbonyl (C=O) groups excluding carboxylic acids is 1. The molecule has 0 radical (unpaired) electrons. The van der Waals surface area contributed by atoms with Gasteiger partial charge in [-0.1, -0.05) is 36.4 Å². The predicted octanol–water partition coefficient (Wildman–Crippen LogP) is 3.85. The van der Waals surface area contributed by atoms with Crippen LogP contribution < -0.4 is 10.1 Å². The summed E-state index contributed by atoms with van der Waals surface area (Å²) in [7, 11) is 1.57. The molecule has 5 heteroatoms. The molecule has 0 spiro atoms. The number of pyridine rings is 1. The Morgan fingerprint density at radius 1 is 1.15 bits per heavy atom. The summed E-state index contributed by atoms with van der Waals surface area (Å²) < 4.78 is 10.7. The zero-order valence-corrected chi connectivity index (χ0v) is 14.4. The Bertz CT molecular complexity index is 1070. The smallest absolute Gasteiger partial charge is 0.224 e. The van der Waals surface area contributed by atoms with E-state index in [9.17, 15) is 4.79 Å². The summed E-state index contributed by atoms with van der Waals surface area (Å²) in [4.78, 5) is 16.5. The highest BCUT2D eigenvalue weighted by Gasteiger charge is 2.13. The van der Waals surface area contributed by atoms with Crippen molar-refractivity contribution >= 4 is 27.6 Å². The van der Waals surface area contributed by atoms with E-state index >= 15 is 0 Å². The summed E-state index contributed by atoms with van der Waals surface area (Å²) in [6, 6.07) is 15.7. The van der Waals surface area contributed by atoms with Crippen LogP contribution in [0.2, 0.25) is 0 Å². The minimum atomic E-state index is -0.0588. The van der Waals surface area contributed by atoms with Gasteiger partial charge in [-0.15, -0.1) is 0 Å². The molecular weight excluding hydrogens is 328 g/mol. The molecule has 5 nitrogen and oxygen atoms in total. The van der Waals surface area contributed by atoms with Gasteiger partial charge in [0, 0.05) is 29.8 Å². The molecule has 1 N–H and O–H groups in total. The first kappa shape index (κ1) is 16.1. The molecule has 1 amide bonds. The molecule has 130 valence electrons. The maximum Gasteiger partial charge on any atom is 0.224 e. The lowest BCUT2D eigenvalue weighted by Crippen LogP contribution is -2.24. The number of nitrogens with one attached hydrogen (secondary N) is 1. The third kappa shape index (κ3) is 3.11. The van der Waals surface area contributed by atoms with Crippen LogP contribution in [0.3, 0.4) is 0 Å². The molecule has 0 saturated heterocycles. The minimum absolute atomic E-state index is 0.0588. The monoisotopic (exact) mass is 346 g/mol. The highest BCUT2D eigenvalue weighted by Crippen LogP contribution is 2.30. The first-order valence-electron chi connectivity index (χ1n) is 8.38.